The van der Waals surface area contributed by atoms with Gasteiger partial charge in [0.05, 0.1) is 11.4 Å². The van der Waals surface area contributed by atoms with Crippen molar-refractivity contribution in [3.05, 3.63) is 11.9 Å². The van der Waals surface area contributed by atoms with E-state index in [0.29, 0.717) is 0 Å². The maximum atomic E-state index is 11.6. The van der Waals surface area contributed by atoms with Crippen molar-refractivity contribution < 1.29 is 4.79 Å². The Morgan fingerprint density at radius 3 is 2.81 bits per heavy atom. The summed E-state index contributed by atoms with van der Waals surface area (Å²) in [5, 5.41) is 10.2. The van der Waals surface area contributed by atoms with Crippen LogP contribution in [0.2, 0.25) is 0 Å². The van der Waals surface area contributed by atoms with Crippen LogP contribution in [-0.2, 0) is 11.8 Å². The second-order valence-corrected chi connectivity index (χ2v) is 3.96. The summed E-state index contributed by atoms with van der Waals surface area (Å²) in [5.41, 5.74) is 1.80. The lowest BCUT2D eigenvalue weighted by Gasteiger charge is -2.13. The number of hydrogen-bond donors (Lipinski definition) is 2. The van der Waals surface area contributed by atoms with Crippen LogP contribution in [0, 0.1) is 6.92 Å². The zero-order valence-corrected chi connectivity index (χ0v) is 10.4. The van der Waals surface area contributed by atoms with Crippen molar-refractivity contribution in [3.63, 3.8) is 0 Å². The summed E-state index contributed by atoms with van der Waals surface area (Å²) in [6.45, 7) is 6.51. The maximum Gasteiger partial charge on any atom is 0.242 e. The number of amides is 1. The summed E-state index contributed by atoms with van der Waals surface area (Å²) in [6.07, 6.45) is 2.82. The van der Waals surface area contributed by atoms with Crippen molar-refractivity contribution in [3.8, 4) is 0 Å². The van der Waals surface area contributed by atoms with Gasteiger partial charge in [0.25, 0.3) is 0 Å². The molecule has 1 amide bonds. The molecule has 5 heteroatoms. The minimum Gasteiger partial charge on any atom is -0.371 e. The van der Waals surface area contributed by atoms with E-state index in [1.807, 2.05) is 34.0 Å². The molecule has 0 bridgehead atoms. The van der Waals surface area contributed by atoms with Gasteiger partial charge in [0.1, 0.15) is 6.04 Å². The zero-order valence-electron chi connectivity index (χ0n) is 10.4. The number of aryl methyl sites for hydroxylation is 2. The molecule has 1 heterocycles. The third-order valence-electron chi connectivity index (χ3n) is 2.33. The second kappa shape index (κ2) is 5.53. The molecule has 90 valence electrons. The first-order chi connectivity index (χ1) is 7.54. The van der Waals surface area contributed by atoms with Crippen molar-refractivity contribution >= 4 is 11.6 Å². The molecule has 0 aliphatic rings. The van der Waals surface area contributed by atoms with Crippen LogP contribution in [0.4, 0.5) is 5.69 Å². The van der Waals surface area contributed by atoms with Crippen LogP contribution in [-0.4, -0.2) is 28.3 Å². The number of carbonyl (C=O) groups excluding carboxylic acids is 1. The van der Waals surface area contributed by atoms with E-state index in [4.69, 9.17) is 0 Å². The highest BCUT2D eigenvalue weighted by atomic mass is 16.2. The Morgan fingerprint density at radius 1 is 1.62 bits per heavy atom. The molecule has 0 spiro atoms. The lowest BCUT2D eigenvalue weighted by atomic mass is 10.2. The molecule has 0 aromatic carbocycles. The van der Waals surface area contributed by atoms with E-state index in [0.717, 1.165) is 24.3 Å². The Balaban J connectivity index is 2.53. The Kier molecular flexibility index (Phi) is 4.34. The molecule has 0 aliphatic carbocycles. The topological polar surface area (TPSA) is 59.0 Å². The molecular formula is C11H20N4O. The van der Waals surface area contributed by atoms with Crippen molar-refractivity contribution in [2.45, 2.75) is 33.2 Å². The monoisotopic (exact) mass is 224 g/mol. The van der Waals surface area contributed by atoms with Crippen molar-refractivity contribution in [1.29, 1.82) is 0 Å². The van der Waals surface area contributed by atoms with Gasteiger partial charge in [0, 0.05) is 19.8 Å². The molecule has 0 saturated carbocycles. The summed E-state index contributed by atoms with van der Waals surface area (Å²) in [4.78, 5) is 11.6. The lowest BCUT2D eigenvalue weighted by Crippen LogP contribution is -2.37. The maximum absolute atomic E-state index is 11.6. The zero-order chi connectivity index (χ0) is 12.1. The number of hydrogen-bond acceptors (Lipinski definition) is 3. The highest BCUT2D eigenvalue weighted by Crippen LogP contribution is 2.12. The Hall–Kier alpha value is -1.52. The molecule has 0 saturated heterocycles. The molecule has 1 unspecified atom stereocenters. The molecule has 0 radical (unpaired) electrons. The average molecular weight is 224 g/mol. The van der Waals surface area contributed by atoms with Crippen LogP contribution in [0.15, 0.2) is 6.20 Å². The van der Waals surface area contributed by atoms with E-state index in [2.05, 4.69) is 15.7 Å². The summed E-state index contributed by atoms with van der Waals surface area (Å²) >= 11 is 0. The average Bonchev–Trinajstić information content (AvgIpc) is 2.53. The van der Waals surface area contributed by atoms with Gasteiger partial charge in [-0.2, -0.15) is 5.10 Å². The Bertz CT molecular complexity index is 359. The van der Waals surface area contributed by atoms with Crippen LogP contribution in [0.25, 0.3) is 0 Å². The first kappa shape index (κ1) is 12.5. The highest BCUT2D eigenvalue weighted by molar-refractivity contribution is 5.84. The van der Waals surface area contributed by atoms with Gasteiger partial charge in [-0.15, -0.1) is 0 Å². The van der Waals surface area contributed by atoms with Gasteiger partial charge in [-0.3, -0.25) is 9.48 Å². The fraction of sp³-hybridized carbons (Fsp3) is 0.636. The predicted octanol–water partition coefficient (Wildman–Crippen LogP) is 1.06. The van der Waals surface area contributed by atoms with Gasteiger partial charge in [-0.1, -0.05) is 6.92 Å². The summed E-state index contributed by atoms with van der Waals surface area (Å²) in [7, 11) is 1.86. The van der Waals surface area contributed by atoms with Crippen LogP contribution in [0.1, 0.15) is 26.0 Å². The number of rotatable bonds is 5. The van der Waals surface area contributed by atoms with E-state index in [1.54, 1.807) is 4.68 Å². The number of anilines is 1. The fourth-order valence-electron chi connectivity index (χ4n) is 1.44. The van der Waals surface area contributed by atoms with Crippen LogP contribution in [0.3, 0.4) is 0 Å². The van der Waals surface area contributed by atoms with Crippen LogP contribution in [0.5, 0.6) is 0 Å². The van der Waals surface area contributed by atoms with E-state index < -0.39 is 0 Å². The Labute approximate surface area is 96.2 Å². The summed E-state index contributed by atoms with van der Waals surface area (Å²) < 4.78 is 1.73. The highest BCUT2D eigenvalue weighted by Gasteiger charge is 2.13. The molecule has 1 aromatic heterocycles. The minimum absolute atomic E-state index is 0.0186. The first-order valence-corrected chi connectivity index (χ1v) is 5.59. The SMILES string of the molecule is CCCNC(=O)C(C)Nc1cn(C)nc1C. The molecule has 2 N–H and O–H groups in total. The van der Waals surface area contributed by atoms with Gasteiger partial charge in [-0.05, 0) is 20.3 Å². The van der Waals surface area contributed by atoms with E-state index in [9.17, 15) is 4.79 Å². The first-order valence-electron chi connectivity index (χ1n) is 5.59. The Morgan fingerprint density at radius 2 is 2.31 bits per heavy atom. The lowest BCUT2D eigenvalue weighted by molar-refractivity contribution is -0.121. The number of aromatic nitrogens is 2. The molecule has 5 nitrogen and oxygen atoms in total. The molecule has 1 rings (SSSR count). The molecule has 0 aliphatic heterocycles. The fourth-order valence-corrected chi connectivity index (χ4v) is 1.44. The smallest absolute Gasteiger partial charge is 0.242 e. The van der Waals surface area contributed by atoms with Gasteiger partial charge in [-0.25, -0.2) is 0 Å². The van der Waals surface area contributed by atoms with Crippen molar-refractivity contribution in [1.82, 2.24) is 15.1 Å². The molecule has 16 heavy (non-hydrogen) atoms. The number of nitrogens with one attached hydrogen (secondary N) is 2. The molecule has 1 aromatic rings. The van der Waals surface area contributed by atoms with Crippen LogP contribution < -0.4 is 10.6 Å². The summed E-state index contributed by atoms with van der Waals surface area (Å²) in [5.74, 6) is 0.0186. The van der Waals surface area contributed by atoms with E-state index >= 15 is 0 Å². The molecule has 1 atom stereocenters. The third kappa shape index (κ3) is 3.25. The van der Waals surface area contributed by atoms with Gasteiger partial charge < -0.3 is 10.6 Å². The van der Waals surface area contributed by atoms with Crippen molar-refractivity contribution in [2.24, 2.45) is 7.05 Å². The van der Waals surface area contributed by atoms with E-state index in [1.165, 1.54) is 0 Å². The second-order valence-electron chi connectivity index (χ2n) is 3.96. The normalized spacial score (nSPS) is 12.2. The van der Waals surface area contributed by atoms with Gasteiger partial charge in [0.15, 0.2) is 0 Å². The number of nitrogens with zero attached hydrogens (tertiary/aromatic N) is 2. The molecule has 0 fully saturated rings. The van der Waals surface area contributed by atoms with Crippen LogP contribution >= 0.6 is 0 Å². The predicted molar refractivity (Wildman–Crippen MR) is 64.3 cm³/mol. The largest absolute Gasteiger partial charge is 0.371 e. The minimum atomic E-state index is -0.241. The third-order valence-corrected chi connectivity index (χ3v) is 2.33. The quantitative estimate of drug-likeness (QED) is 0.786. The van der Waals surface area contributed by atoms with E-state index in [-0.39, 0.29) is 11.9 Å². The van der Waals surface area contributed by atoms with Gasteiger partial charge >= 0.3 is 0 Å². The van der Waals surface area contributed by atoms with Gasteiger partial charge in [0.2, 0.25) is 5.91 Å². The van der Waals surface area contributed by atoms with Crippen molar-refractivity contribution in [2.75, 3.05) is 11.9 Å². The summed E-state index contributed by atoms with van der Waals surface area (Å²) in [6, 6.07) is -0.241. The number of carbonyl (C=O) groups is 1. The molecular weight excluding hydrogens is 204 g/mol. The standard InChI is InChI=1S/C11H20N4O/c1-5-6-12-11(16)9(3)13-10-7-15(4)14-8(10)2/h7,9,13H,5-6H2,1-4H3,(H,12,16).